The fourth-order valence-electron chi connectivity index (χ4n) is 2.59. The molecule has 2 fully saturated rings. The maximum Gasteiger partial charge on any atom is 0.234 e. The molecule has 2 aliphatic rings. The summed E-state index contributed by atoms with van der Waals surface area (Å²) in [7, 11) is 1.94. The van der Waals surface area contributed by atoms with Gasteiger partial charge in [-0.3, -0.25) is 9.69 Å². The minimum atomic E-state index is -0.259. The summed E-state index contributed by atoms with van der Waals surface area (Å²) in [5, 5.41) is 12.9. The normalized spacial score (nSPS) is 29.4. The van der Waals surface area contributed by atoms with Crippen LogP contribution in [0.5, 0.6) is 0 Å². The molecular weight excluding hydrogens is 216 g/mol. The molecule has 0 aromatic rings. The topological polar surface area (TPSA) is 52.6 Å². The number of hydrogen-bond acceptors (Lipinski definition) is 3. The van der Waals surface area contributed by atoms with Crippen molar-refractivity contribution in [1.29, 1.82) is 0 Å². The standard InChI is InChI=1S/C13H24N2O2/c1-15(11-4-2-3-5-12(11)16)9-13(17)14-8-10-6-7-10/h10-12,16H,2-9H2,1H3,(H,14,17). The molecule has 2 N–H and O–H groups in total. The Morgan fingerprint density at radius 1 is 1.29 bits per heavy atom. The third-order valence-electron chi connectivity index (χ3n) is 3.94. The highest BCUT2D eigenvalue weighted by atomic mass is 16.3. The average Bonchev–Trinajstić information content (AvgIpc) is 3.10. The summed E-state index contributed by atoms with van der Waals surface area (Å²) in [6, 6.07) is 0.162. The van der Waals surface area contributed by atoms with Crippen molar-refractivity contribution in [3.8, 4) is 0 Å². The van der Waals surface area contributed by atoms with E-state index in [9.17, 15) is 9.90 Å². The smallest absolute Gasteiger partial charge is 0.234 e. The second-order valence-electron chi connectivity index (χ2n) is 5.58. The number of hydrogen-bond donors (Lipinski definition) is 2. The van der Waals surface area contributed by atoms with Gasteiger partial charge in [0.2, 0.25) is 5.91 Å². The number of aliphatic hydroxyl groups is 1. The molecule has 0 saturated heterocycles. The van der Waals surface area contributed by atoms with Crippen LogP contribution in [0.3, 0.4) is 0 Å². The van der Waals surface area contributed by atoms with E-state index in [0.29, 0.717) is 6.54 Å². The van der Waals surface area contributed by atoms with Crippen molar-refractivity contribution in [1.82, 2.24) is 10.2 Å². The van der Waals surface area contributed by atoms with E-state index >= 15 is 0 Å². The predicted molar refractivity (Wildman–Crippen MR) is 66.6 cm³/mol. The first-order chi connectivity index (χ1) is 8.16. The predicted octanol–water partition coefficient (Wildman–Crippen LogP) is 0.748. The number of carbonyl (C=O) groups excluding carboxylic acids is 1. The summed E-state index contributed by atoms with van der Waals surface area (Å²) in [6.07, 6.45) is 6.42. The van der Waals surface area contributed by atoms with E-state index in [4.69, 9.17) is 0 Å². The Morgan fingerprint density at radius 3 is 2.65 bits per heavy atom. The molecule has 1 amide bonds. The van der Waals surface area contributed by atoms with Gasteiger partial charge in [0, 0.05) is 12.6 Å². The van der Waals surface area contributed by atoms with Gasteiger partial charge in [-0.05, 0) is 38.6 Å². The van der Waals surface area contributed by atoms with Gasteiger partial charge in [0.15, 0.2) is 0 Å². The maximum atomic E-state index is 11.7. The van der Waals surface area contributed by atoms with Crippen LogP contribution in [-0.4, -0.2) is 48.2 Å². The molecule has 2 atom stereocenters. The molecule has 0 aliphatic heterocycles. The summed E-state index contributed by atoms with van der Waals surface area (Å²) >= 11 is 0. The van der Waals surface area contributed by atoms with E-state index < -0.39 is 0 Å². The molecule has 0 heterocycles. The molecule has 4 nitrogen and oxygen atoms in total. The zero-order valence-electron chi connectivity index (χ0n) is 10.7. The van der Waals surface area contributed by atoms with Gasteiger partial charge in [-0.25, -0.2) is 0 Å². The highest BCUT2D eigenvalue weighted by Gasteiger charge is 2.28. The van der Waals surface area contributed by atoms with Crippen LogP contribution in [-0.2, 0) is 4.79 Å². The lowest BCUT2D eigenvalue weighted by Crippen LogP contribution is -2.47. The SMILES string of the molecule is CN(CC(=O)NCC1CC1)C1CCCCC1O. The van der Waals surface area contributed by atoms with E-state index in [1.165, 1.54) is 12.8 Å². The number of amides is 1. The summed E-state index contributed by atoms with van der Waals surface area (Å²) in [5.74, 6) is 0.821. The third-order valence-corrected chi connectivity index (χ3v) is 3.94. The van der Waals surface area contributed by atoms with E-state index in [1.807, 2.05) is 11.9 Å². The molecule has 17 heavy (non-hydrogen) atoms. The first-order valence-electron chi connectivity index (χ1n) is 6.82. The minimum Gasteiger partial charge on any atom is -0.391 e. The fraction of sp³-hybridized carbons (Fsp3) is 0.923. The van der Waals surface area contributed by atoms with Crippen LogP contribution in [0, 0.1) is 5.92 Å². The molecule has 0 bridgehead atoms. The van der Waals surface area contributed by atoms with Crippen molar-refractivity contribution >= 4 is 5.91 Å². The van der Waals surface area contributed by atoms with Crippen molar-refractivity contribution in [2.75, 3.05) is 20.1 Å². The first-order valence-corrected chi connectivity index (χ1v) is 6.82. The van der Waals surface area contributed by atoms with Crippen LogP contribution < -0.4 is 5.32 Å². The summed E-state index contributed by atoms with van der Waals surface area (Å²) in [4.78, 5) is 13.7. The Kier molecular flexibility index (Phi) is 4.40. The van der Waals surface area contributed by atoms with Gasteiger partial charge in [0.05, 0.1) is 12.6 Å². The molecule has 0 aromatic carbocycles. The van der Waals surface area contributed by atoms with E-state index in [-0.39, 0.29) is 18.1 Å². The molecule has 4 heteroatoms. The Bertz CT molecular complexity index is 266. The first kappa shape index (κ1) is 12.8. The summed E-state index contributed by atoms with van der Waals surface area (Å²) in [6.45, 7) is 1.24. The van der Waals surface area contributed by atoms with Crippen molar-refractivity contribution in [3.05, 3.63) is 0 Å². The quantitative estimate of drug-likeness (QED) is 0.745. The summed E-state index contributed by atoms with van der Waals surface area (Å²) < 4.78 is 0. The Labute approximate surface area is 103 Å². The lowest BCUT2D eigenvalue weighted by atomic mass is 9.91. The van der Waals surface area contributed by atoms with Crippen LogP contribution in [0.15, 0.2) is 0 Å². The van der Waals surface area contributed by atoms with Crippen LogP contribution >= 0.6 is 0 Å². The number of rotatable bonds is 5. The molecule has 0 aromatic heterocycles. The summed E-state index contributed by atoms with van der Waals surface area (Å²) in [5.41, 5.74) is 0. The van der Waals surface area contributed by atoms with E-state index in [1.54, 1.807) is 0 Å². The van der Waals surface area contributed by atoms with Gasteiger partial charge in [-0.1, -0.05) is 12.8 Å². The Balaban J connectivity index is 1.70. The van der Waals surface area contributed by atoms with Crippen molar-refractivity contribution in [2.24, 2.45) is 5.92 Å². The average molecular weight is 240 g/mol. The monoisotopic (exact) mass is 240 g/mol. The second-order valence-corrected chi connectivity index (χ2v) is 5.58. The lowest BCUT2D eigenvalue weighted by Gasteiger charge is -2.34. The molecule has 0 radical (unpaired) electrons. The highest BCUT2D eigenvalue weighted by molar-refractivity contribution is 5.78. The van der Waals surface area contributed by atoms with Gasteiger partial charge < -0.3 is 10.4 Å². The minimum absolute atomic E-state index is 0.0946. The van der Waals surface area contributed by atoms with Crippen molar-refractivity contribution < 1.29 is 9.90 Å². The van der Waals surface area contributed by atoms with E-state index in [2.05, 4.69) is 5.32 Å². The molecule has 2 rings (SSSR count). The largest absolute Gasteiger partial charge is 0.391 e. The molecule has 2 saturated carbocycles. The van der Waals surface area contributed by atoms with E-state index in [0.717, 1.165) is 38.1 Å². The number of aliphatic hydroxyl groups excluding tert-OH is 1. The van der Waals surface area contributed by atoms with Crippen LogP contribution in [0.1, 0.15) is 38.5 Å². The number of carbonyl (C=O) groups is 1. The Hall–Kier alpha value is -0.610. The number of likely N-dealkylation sites (N-methyl/N-ethyl adjacent to an activating group) is 1. The molecule has 98 valence electrons. The van der Waals surface area contributed by atoms with Gasteiger partial charge in [0.25, 0.3) is 0 Å². The molecular formula is C13H24N2O2. The molecule has 0 spiro atoms. The molecule has 2 unspecified atom stereocenters. The van der Waals surface area contributed by atoms with Crippen molar-refractivity contribution in [2.45, 2.75) is 50.7 Å². The maximum absolute atomic E-state index is 11.7. The van der Waals surface area contributed by atoms with Gasteiger partial charge in [-0.2, -0.15) is 0 Å². The number of nitrogens with zero attached hydrogens (tertiary/aromatic N) is 1. The van der Waals surface area contributed by atoms with Gasteiger partial charge in [-0.15, -0.1) is 0 Å². The number of nitrogens with one attached hydrogen (secondary N) is 1. The second kappa shape index (κ2) is 5.83. The van der Waals surface area contributed by atoms with Crippen LogP contribution in [0.2, 0.25) is 0 Å². The zero-order valence-corrected chi connectivity index (χ0v) is 10.7. The fourth-order valence-corrected chi connectivity index (χ4v) is 2.59. The van der Waals surface area contributed by atoms with Crippen LogP contribution in [0.4, 0.5) is 0 Å². The zero-order chi connectivity index (χ0) is 12.3. The van der Waals surface area contributed by atoms with Crippen LogP contribution in [0.25, 0.3) is 0 Å². The van der Waals surface area contributed by atoms with Gasteiger partial charge in [0.1, 0.15) is 0 Å². The Morgan fingerprint density at radius 2 is 2.00 bits per heavy atom. The van der Waals surface area contributed by atoms with Crippen molar-refractivity contribution in [3.63, 3.8) is 0 Å². The highest BCUT2D eigenvalue weighted by Crippen LogP contribution is 2.27. The van der Waals surface area contributed by atoms with Gasteiger partial charge >= 0.3 is 0 Å². The lowest BCUT2D eigenvalue weighted by molar-refractivity contribution is -0.123. The molecule has 2 aliphatic carbocycles. The third kappa shape index (κ3) is 3.96.